The maximum atomic E-state index is 5.47. The Morgan fingerprint density at radius 2 is 2.31 bits per heavy atom. The molecule has 0 aromatic carbocycles. The van der Waals surface area contributed by atoms with E-state index in [1.807, 2.05) is 18.2 Å². The minimum absolute atomic E-state index is 0.347. The van der Waals surface area contributed by atoms with E-state index in [4.69, 9.17) is 18.0 Å². The number of nitrogens with two attached hydrogens (primary N) is 1. The van der Waals surface area contributed by atoms with Crippen LogP contribution in [0.5, 0.6) is 0 Å². The summed E-state index contributed by atoms with van der Waals surface area (Å²) in [6.45, 7) is 0. The van der Waals surface area contributed by atoms with Gasteiger partial charge in [0.05, 0.1) is 5.69 Å². The van der Waals surface area contributed by atoms with Crippen LogP contribution in [0.15, 0.2) is 18.2 Å². The lowest BCUT2D eigenvalue weighted by Crippen LogP contribution is -2.13. The van der Waals surface area contributed by atoms with Crippen LogP contribution in [0.4, 0.5) is 5.82 Å². The predicted octanol–water partition coefficient (Wildman–Crippen LogP) is 1.29. The second-order valence-electron chi connectivity index (χ2n) is 3.19. The molecule has 0 unspecified atom stereocenters. The summed E-state index contributed by atoms with van der Waals surface area (Å²) >= 11 is 4.84. The van der Waals surface area contributed by atoms with E-state index in [0.717, 1.165) is 5.82 Å². The fourth-order valence-corrected chi connectivity index (χ4v) is 1.20. The first kappa shape index (κ1) is 8.44. The van der Waals surface area contributed by atoms with Crippen molar-refractivity contribution in [1.82, 2.24) is 4.98 Å². The van der Waals surface area contributed by atoms with Crippen LogP contribution < -0.4 is 11.1 Å². The monoisotopic (exact) mass is 193 g/mol. The molecule has 1 saturated carbocycles. The van der Waals surface area contributed by atoms with Gasteiger partial charge >= 0.3 is 0 Å². The molecule has 0 spiro atoms. The molecule has 1 aromatic heterocycles. The number of pyridine rings is 1. The zero-order chi connectivity index (χ0) is 9.26. The number of nitrogens with one attached hydrogen (secondary N) is 1. The van der Waals surface area contributed by atoms with Crippen molar-refractivity contribution in [3.8, 4) is 0 Å². The molecule has 1 aromatic rings. The van der Waals surface area contributed by atoms with E-state index < -0.39 is 0 Å². The Labute approximate surface area is 82.4 Å². The van der Waals surface area contributed by atoms with Gasteiger partial charge < -0.3 is 11.1 Å². The lowest BCUT2D eigenvalue weighted by molar-refractivity contribution is 1.11. The average Bonchev–Trinajstić information content (AvgIpc) is 2.89. The average molecular weight is 193 g/mol. The summed E-state index contributed by atoms with van der Waals surface area (Å²) in [5.41, 5.74) is 6.15. The molecule has 0 radical (unpaired) electrons. The number of thiocarbonyl (C=S) groups is 1. The second kappa shape index (κ2) is 3.30. The number of hydrogen-bond acceptors (Lipinski definition) is 3. The Hall–Kier alpha value is -1.16. The van der Waals surface area contributed by atoms with Gasteiger partial charge in [-0.25, -0.2) is 4.98 Å². The zero-order valence-corrected chi connectivity index (χ0v) is 7.97. The van der Waals surface area contributed by atoms with Crippen LogP contribution in [0.2, 0.25) is 0 Å². The van der Waals surface area contributed by atoms with E-state index in [0.29, 0.717) is 16.7 Å². The fraction of sp³-hybridized carbons (Fsp3) is 0.333. The Balaban J connectivity index is 2.15. The standard InChI is InChI=1S/C9H11N3S/c10-9(13)7-2-1-3-8(12-7)11-6-4-5-6/h1-3,6H,4-5H2,(H2,10,13)(H,11,12). The van der Waals surface area contributed by atoms with E-state index in [1.165, 1.54) is 12.8 Å². The second-order valence-corrected chi connectivity index (χ2v) is 3.63. The molecule has 0 bridgehead atoms. The molecule has 0 aliphatic heterocycles. The first-order chi connectivity index (χ1) is 6.25. The summed E-state index contributed by atoms with van der Waals surface area (Å²) < 4.78 is 0. The summed E-state index contributed by atoms with van der Waals surface area (Å²) in [5, 5.41) is 3.28. The van der Waals surface area contributed by atoms with Gasteiger partial charge in [0.25, 0.3) is 0 Å². The normalized spacial score (nSPS) is 15.4. The number of anilines is 1. The maximum absolute atomic E-state index is 5.47. The Morgan fingerprint density at radius 1 is 1.54 bits per heavy atom. The fourth-order valence-electron chi connectivity index (χ4n) is 1.09. The molecule has 0 atom stereocenters. The van der Waals surface area contributed by atoms with Crippen LogP contribution in [0.3, 0.4) is 0 Å². The number of nitrogens with zero attached hydrogens (tertiary/aromatic N) is 1. The van der Waals surface area contributed by atoms with Crippen LogP contribution in [0.25, 0.3) is 0 Å². The number of rotatable bonds is 3. The van der Waals surface area contributed by atoms with Gasteiger partial charge in [-0.1, -0.05) is 18.3 Å². The minimum atomic E-state index is 0.347. The third-order valence-corrected chi connectivity index (χ3v) is 2.14. The molecule has 0 saturated heterocycles. The van der Waals surface area contributed by atoms with Crippen LogP contribution in [-0.2, 0) is 0 Å². The van der Waals surface area contributed by atoms with Gasteiger partial charge in [0.1, 0.15) is 10.8 Å². The SMILES string of the molecule is NC(=S)c1cccc(NC2CC2)n1. The summed E-state index contributed by atoms with van der Waals surface area (Å²) in [5.74, 6) is 0.868. The molecule has 1 aliphatic carbocycles. The highest BCUT2D eigenvalue weighted by Crippen LogP contribution is 2.23. The quantitative estimate of drug-likeness (QED) is 0.710. The van der Waals surface area contributed by atoms with Crippen LogP contribution in [0, 0.1) is 0 Å². The van der Waals surface area contributed by atoms with Crippen LogP contribution in [0.1, 0.15) is 18.5 Å². The van der Waals surface area contributed by atoms with Gasteiger partial charge in [-0.3, -0.25) is 0 Å². The molecule has 13 heavy (non-hydrogen) atoms. The highest BCUT2D eigenvalue weighted by atomic mass is 32.1. The minimum Gasteiger partial charge on any atom is -0.388 e. The number of hydrogen-bond donors (Lipinski definition) is 2. The maximum Gasteiger partial charge on any atom is 0.126 e. The molecule has 0 amide bonds. The summed E-state index contributed by atoms with van der Waals surface area (Å²) in [4.78, 5) is 4.62. The van der Waals surface area contributed by atoms with E-state index in [1.54, 1.807) is 0 Å². The predicted molar refractivity (Wildman–Crippen MR) is 56.8 cm³/mol. The molecule has 1 fully saturated rings. The third kappa shape index (κ3) is 2.15. The highest BCUT2D eigenvalue weighted by Gasteiger charge is 2.21. The van der Waals surface area contributed by atoms with Crippen molar-refractivity contribution in [2.24, 2.45) is 5.73 Å². The summed E-state index contributed by atoms with van der Waals surface area (Å²) in [7, 11) is 0. The largest absolute Gasteiger partial charge is 0.388 e. The number of aromatic nitrogens is 1. The van der Waals surface area contributed by atoms with Gasteiger partial charge in [0.2, 0.25) is 0 Å². The van der Waals surface area contributed by atoms with Crippen molar-refractivity contribution >= 4 is 23.0 Å². The highest BCUT2D eigenvalue weighted by molar-refractivity contribution is 7.80. The summed E-state index contributed by atoms with van der Waals surface area (Å²) in [6.07, 6.45) is 2.47. The molecule has 3 N–H and O–H groups in total. The van der Waals surface area contributed by atoms with Crippen molar-refractivity contribution < 1.29 is 0 Å². The van der Waals surface area contributed by atoms with E-state index in [-0.39, 0.29) is 0 Å². The van der Waals surface area contributed by atoms with Crippen LogP contribution >= 0.6 is 12.2 Å². The third-order valence-electron chi connectivity index (χ3n) is 1.93. The Kier molecular flexibility index (Phi) is 2.14. The molecule has 1 heterocycles. The molecule has 1 aliphatic rings. The topological polar surface area (TPSA) is 50.9 Å². The van der Waals surface area contributed by atoms with Crippen molar-refractivity contribution in [2.75, 3.05) is 5.32 Å². The van der Waals surface area contributed by atoms with Gasteiger partial charge in [0, 0.05) is 6.04 Å². The van der Waals surface area contributed by atoms with E-state index in [2.05, 4.69) is 10.3 Å². The van der Waals surface area contributed by atoms with Gasteiger partial charge in [-0.15, -0.1) is 0 Å². The van der Waals surface area contributed by atoms with Crippen LogP contribution in [-0.4, -0.2) is 16.0 Å². The van der Waals surface area contributed by atoms with E-state index in [9.17, 15) is 0 Å². The Morgan fingerprint density at radius 3 is 2.92 bits per heavy atom. The molecular formula is C9H11N3S. The Bertz CT molecular complexity index is 333. The van der Waals surface area contributed by atoms with Crippen molar-refractivity contribution in [3.63, 3.8) is 0 Å². The smallest absolute Gasteiger partial charge is 0.126 e. The first-order valence-electron chi connectivity index (χ1n) is 4.29. The van der Waals surface area contributed by atoms with Crippen molar-refractivity contribution in [1.29, 1.82) is 0 Å². The van der Waals surface area contributed by atoms with Gasteiger partial charge in [0.15, 0.2) is 0 Å². The van der Waals surface area contributed by atoms with E-state index >= 15 is 0 Å². The van der Waals surface area contributed by atoms with Crippen molar-refractivity contribution in [2.45, 2.75) is 18.9 Å². The van der Waals surface area contributed by atoms with Gasteiger partial charge in [-0.05, 0) is 25.0 Å². The lowest BCUT2D eigenvalue weighted by atomic mass is 10.3. The lowest BCUT2D eigenvalue weighted by Gasteiger charge is -2.04. The molecule has 68 valence electrons. The first-order valence-corrected chi connectivity index (χ1v) is 4.70. The zero-order valence-electron chi connectivity index (χ0n) is 7.16. The molecule has 4 heteroatoms. The molecular weight excluding hydrogens is 182 g/mol. The molecule has 2 rings (SSSR count). The summed E-state index contributed by atoms with van der Waals surface area (Å²) in [6, 6.07) is 6.27. The van der Waals surface area contributed by atoms with Gasteiger partial charge in [-0.2, -0.15) is 0 Å². The molecule has 3 nitrogen and oxygen atoms in total. The van der Waals surface area contributed by atoms with Crippen molar-refractivity contribution in [3.05, 3.63) is 23.9 Å².